The van der Waals surface area contributed by atoms with Crippen LogP contribution in [-0.2, 0) is 9.84 Å². The number of nitro benzene ring substituents is 1. The Labute approximate surface area is 91.9 Å². The number of hydrogen-bond acceptors (Lipinski definition) is 5. The van der Waals surface area contributed by atoms with Crippen LogP contribution in [-0.4, -0.2) is 20.4 Å². The van der Waals surface area contributed by atoms with E-state index < -0.39 is 14.8 Å². The summed E-state index contributed by atoms with van der Waals surface area (Å²) in [6.45, 7) is 0. The topological polar surface area (TPSA) is 80.5 Å². The molecule has 0 amide bonds. The van der Waals surface area contributed by atoms with Gasteiger partial charge in [0.2, 0.25) is 9.84 Å². The summed E-state index contributed by atoms with van der Waals surface area (Å²) in [5.74, 6) is 0. The maximum Gasteiger partial charge on any atom is 0.270 e. The molecule has 0 atom stereocenters. The van der Waals surface area contributed by atoms with E-state index in [9.17, 15) is 18.5 Å². The van der Waals surface area contributed by atoms with Crippen molar-refractivity contribution in [2.24, 2.45) is 0 Å². The third-order valence-corrected chi connectivity index (χ3v) is 3.72. The van der Waals surface area contributed by atoms with Crippen molar-refractivity contribution in [2.45, 2.75) is 4.90 Å². The first-order chi connectivity index (χ1) is 7.42. The molecule has 1 aromatic carbocycles. The van der Waals surface area contributed by atoms with Crippen molar-refractivity contribution < 1.29 is 13.3 Å². The molecule has 0 unspecified atom stereocenters. The van der Waals surface area contributed by atoms with Crippen LogP contribution < -0.4 is 4.90 Å². The van der Waals surface area contributed by atoms with Gasteiger partial charge >= 0.3 is 0 Å². The second-order valence-electron chi connectivity index (χ2n) is 3.35. The number of nitrogens with zero attached hydrogens (tertiary/aromatic N) is 2. The lowest BCUT2D eigenvalue weighted by molar-refractivity contribution is -0.385. The molecule has 0 aromatic heterocycles. The number of anilines is 1. The van der Waals surface area contributed by atoms with Crippen LogP contribution in [0.4, 0.5) is 11.4 Å². The van der Waals surface area contributed by atoms with Gasteiger partial charge in [-0.15, -0.1) is 0 Å². The maximum absolute atomic E-state index is 11.7. The molecule has 0 aliphatic carbocycles. The van der Waals surface area contributed by atoms with Gasteiger partial charge < -0.3 is 4.90 Å². The normalized spacial score (nSPS) is 16.9. The molecule has 0 spiro atoms. The molecule has 1 heterocycles. The lowest BCUT2D eigenvalue weighted by atomic mass is 10.2. The van der Waals surface area contributed by atoms with Gasteiger partial charge in [0.25, 0.3) is 5.69 Å². The Balaban J connectivity index is 2.71. The molecule has 0 bridgehead atoms. The lowest BCUT2D eigenvalue weighted by Gasteiger charge is -2.21. The maximum atomic E-state index is 11.7. The zero-order valence-electron chi connectivity index (χ0n) is 8.32. The predicted molar refractivity (Wildman–Crippen MR) is 57.8 cm³/mol. The van der Waals surface area contributed by atoms with E-state index in [4.69, 9.17) is 0 Å². The summed E-state index contributed by atoms with van der Waals surface area (Å²) < 4.78 is 23.3. The van der Waals surface area contributed by atoms with Crippen molar-refractivity contribution in [3.63, 3.8) is 0 Å². The Hall–Kier alpha value is -1.89. The highest BCUT2D eigenvalue weighted by Crippen LogP contribution is 2.32. The third kappa shape index (κ3) is 1.54. The van der Waals surface area contributed by atoms with E-state index in [1.807, 2.05) is 0 Å². The van der Waals surface area contributed by atoms with Gasteiger partial charge in [0, 0.05) is 25.4 Å². The fraction of sp³-hybridized carbons (Fsp3) is 0.111. The number of benzene rings is 1. The Kier molecular flexibility index (Phi) is 2.20. The average Bonchev–Trinajstić information content (AvgIpc) is 2.23. The van der Waals surface area contributed by atoms with Crippen LogP contribution in [0.3, 0.4) is 0 Å². The zero-order chi connectivity index (χ0) is 11.9. The van der Waals surface area contributed by atoms with E-state index >= 15 is 0 Å². The molecule has 0 N–H and O–H groups in total. The lowest BCUT2D eigenvalue weighted by Crippen LogP contribution is -2.17. The third-order valence-electron chi connectivity index (χ3n) is 2.30. The van der Waals surface area contributed by atoms with Crippen LogP contribution in [0.5, 0.6) is 0 Å². The minimum atomic E-state index is -3.56. The molecule has 0 saturated heterocycles. The quantitative estimate of drug-likeness (QED) is 0.545. The summed E-state index contributed by atoms with van der Waals surface area (Å²) in [4.78, 5) is 11.5. The van der Waals surface area contributed by atoms with Gasteiger partial charge in [-0.2, -0.15) is 0 Å². The Bertz CT molecular complexity index is 592. The molecule has 0 saturated carbocycles. The number of rotatable bonds is 1. The van der Waals surface area contributed by atoms with Crippen molar-refractivity contribution >= 4 is 21.2 Å². The van der Waals surface area contributed by atoms with E-state index in [0.717, 1.165) is 11.5 Å². The smallest absolute Gasteiger partial charge is 0.270 e. The highest BCUT2D eigenvalue weighted by Gasteiger charge is 2.24. The van der Waals surface area contributed by atoms with Crippen molar-refractivity contribution in [3.05, 3.63) is 39.9 Å². The molecule has 1 aromatic rings. The molecule has 7 heteroatoms. The fourth-order valence-corrected chi connectivity index (χ4v) is 2.74. The van der Waals surface area contributed by atoms with Crippen molar-refractivity contribution in [2.75, 3.05) is 11.9 Å². The molecule has 1 aliphatic heterocycles. The van der Waals surface area contributed by atoms with Gasteiger partial charge in [0.1, 0.15) is 4.90 Å². The van der Waals surface area contributed by atoms with E-state index in [1.54, 1.807) is 11.9 Å². The average molecular weight is 240 g/mol. The molecule has 84 valence electrons. The number of non-ortho nitro benzene ring substituents is 1. The highest BCUT2D eigenvalue weighted by molar-refractivity contribution is 7.94. The first kappa shape index (κ1) is 10.6. The molecule has 16 heavy (non-hydrogen) atoms. The summed E-state index contributed by atoms with van der Waals surface area (Å²) in [5, 5.41) is 11.6. The molecule has 6 nitrogen and oxygen atoms in total. The van der Waals surface area contributed by atoms with Gasteiger partial charge in [-0.1, -0.05) is 0 Å². The van der Waals surface area contributed by atoms with E-state index in [0.29, 0.717) is 5.69 Å². The van der Waals surface area contributed by atoms with Crippen LogP contribution >= 0.6 is 0 Å². The van der Waals surface area contributed by atoms with E-state index in [-0.39, 0.29) is 10.6 Å². The Morgan fingerprint density at radius 2 is 2.06 bits per heavy atom. The summed E-state index contributed by atoms with van der Waals surface area (Å²) in [7, 11) is -1.88. The fourth-order valence-electron chi connectivity index (χ4n) is 1.46. The first-order valence-electron chi connectivity index (χ1n) is 4.36. The van der Waals surface area contributed by atoms with Crippen LogP contribution in [0, 0.1) is 10.1 Å². The summed E-state index contributed by atoms with van der Waals surface area (Å²) in [6.07, 6.45) is 1.41. The van der Waals surface area contributed by atoms with Gasteiger partial charge in [0.05, 0.1) is 16.0 Å². The minimum absolute atomic E-state index is 0.0355. The van der Waals surface area contributed by atoms with Crippen LogP contribution in [0.25, 0.3) is 0 Å². The van der Waals surface area contributed by atoms with E-state index in [1.165, 1.54) is 18.3 Å². The number of fused-ring (bicyclic) bond motifs is 1. The monoisotopic (exact) mass is 240 g/mol. The number of nitro groups is 1. The number of sulfone groups is 1. The van der Waals surface area contributed by atoms with Crippen LogP contribution in [0.1, 0.15) is 0 Å². The van der Waals surface area contributed by atoms with Crippen molar-refractivity contribution in [1.82, 2.24) is 0 Å². The molecule has 1 aliphatic rings. The van der Waals surface area contributed by atoms with E-state index in [2.05, 4.69) is 0 Å². The molecular weight excluding hydrogens is 232 g/mol. The molecule has 0 radical (unpaired) electrons. The summed E-state index contributed by atoms with van der Waals surface area (Å²) in [5.41, 5.74) is 0.208. The largest absolute Gasteiger partial charge is 0.349 e. The van der Waals surface area contributed by atoms with Gasteiger partial charge in [-0.25, -0.2) is 8.42 Å². The van der Waals surface area contributed by atoms with Crippen LogP contribution in [0.2, 0.25) is 0 Å². The van der Waals surface area contributed by atoms with Crippen molar-refractivity contribution in [3.8, 4) is 0 Å². The van der Waals surface area contributed by atoms with Crippen molar-refractivity contribution in [1.29, 1.82) is 0 Å². The highest BCUT2D eigenvalue weighted by atomic mass is 32.2. The first-order valence-corrected chi connectivity index (χ1v) is 5.91. The van der Waals surface area contributed by atoms with Gasteiger partial charge in [-0.3, -0.25) is 10.1 Å². The zero-order valence-corrected chi connectivity index (χ0v) is 9.14. The molecular formula is C9H8N2O4S. The van der Waals surface area contributed by atoms with Gasteiger partial charge in [0.15, 0.2) is 0 Å². The number of hydrogen-bond donors (Lipinski definition) is 0. The van der Waals surface area contributed by atoms with Gasteiger partial charge in [-0.05, 0) is 6.07 Å². The minimum Gasteiger partial charge on any atom is -0.349 e. The standard InChI is InChI=1S/C9H8N2O4S/c1-10-4-5-16(14,15)9-6-7(11(12)13)2-3-8(9)10/h2-6H,1H3. The molecule has 2 rings (SSSR count). The predicted octanol–water partition coefficient (Wildman–Crippen LogP) is 1.29. The molecule has 0 fully saturated rings. The summed E-state index contributed by atoms with van der Waals surface area (Å²) >= 11 is 0. The second kappa shape index (κ2) is 3.31. The second-order valence-corrected chi connectivity index (χ2v) is 5.15. The summed E-state index contributed by atoms with van der Waals surface area (Å²) in [6, 6.07) is 3.78. The SMILES string of the molecule is CN1C=CS(=O)(=O)c2cc([N+](=O)[O-])ccc21. The Morgan fingerprint density at radius 1 is 1.38 bits per heavy atom. The van der Waals surface area contributed by atoms with Crippen LogP contribution in [0.15, 0.2) is 34.7 Å². The Morgan fingerprint density at radius 3 is 2.69 bits per heavy atom.